The van der Waals surface area contributed by atoms with Crippen molar-refractivity contribution in [2.45, 2.75) is 33.6 Å². The van der Waals surface area contributed by atoms with Gasteiger partial charge in [-0.2, -0.15) is 0 Å². The van der Waals surface area contributed by atoms with Crippen molar-refractivity contribution in [1.29, 1.82) is 0 Å². The summed E-state index contributed by atoms with van der Waals surface area (Å²) in [5.74, 6) is 1.92. The second-order valence-corrected chi connectivity index (χ2v) is 10.1. The maximum Gasteiger partial charge on any atom is 0.266 e. The standard InChI is InChI=1S/C24H26BrNO3S2/c1-5-26-23(27)22(31-24(26)30)14-17-13-18(25)7-9-20(17)28-10-11-29-21-12-16(4)6-8-19(21)15(2)3/h6-9,12-15H,5,10-11H2,1-4H3. The first kappa shape index (κ1) is 23.8. The number of rotatable bonds is 8. The number of aryl methyl sites for hydroxylation is 1. The zero-order valence-corrected chi connectivity index (χ0v) is 21.3. The van der Waals surface area contributed by atoms with Gasteiger partial charge in [-0.25, -0.2) is 0 Å². The van der Waals surface area contributed by atoms with Gasteiger partial charge in [0.1, 0.15) is 29.0 Å². The molecule has 0 unspecified atom stereocenters. The summed E-state index contributed by atoms with van der Waals surface area (Å²) >= 11 is 10.1. The summed E-state index contributed by atoms with van der Waals surface area (Å²) < 4.78 is 13.5. The summed E-state index contributed by atoms with van der Waals surface area (Å²) in [6.07, 6.45) is 1.84. The molecule has 7 heteroatoms. The van der Waals surface area contributed by atoms with Gasteiger partial charge in [-0.1, -0.05) is 65.9 Å². The normalized spacial score (nSPS) is 15.3. The minimum Gasteiger partial charge on any atom is -0.490 e. The quantitative estimate of drug-likeness (QED) is 0.224. The smallest absolute Gasteiger partial charge is 0.266 e. The van der Waals surface area contributed by atoms with Crippen molar-refractivity contribution in [2.75, 3.05) is 19.8 Å². The number of ether oxygens (including phenoxy) is 2. The average Bonchev–Trinajstić information content (AvgIpc) is 2.98. The van der Waals surface area contributed by atoms with E-state index in [-0.39, 0.29) is 5.91 Å². The number of halogens is 1. The monoisotopic (exact) mass is 519 g/mol. The Hall–Kier alpha value is -1.83. The third-order valence-electron chi connectivity index (χ3n) is 4.84. The van der Waals surface area contributed by atoms with Gasteiger partial charge in [0.15, 0.2) is 0 Å². The van der Waals surface area contributed by atoms with Crippen LogP contribution >= 0.6 is 39.9 Å². The highest BCUT2D eigenvalue weighted by molar-refractivity contribution is 9.10. The molecule has 0 aromatic heterocycles. The lowest BCUT2D eigenvalue weighted by molar-refractivity contribution is -0.121. The fourth-order valence-corrected chi connectivity index (χ4v) is 4.98. The number of likely N-dealkylation sites (N-methyl/N-ethyl adjacent to an activating group) is 1. The van der Waals surface area contributed by atoms with E-state index in [4.69, 9.17) is 21.7 Å². The summed E-state index contributed by atoms with van der Waals surface area (Å²) in [6.45, 7) is 9.68. The van der Waals surface area contributed by atoms with Crippen LogP contribution in [0.4, 0.5) is 0 Å². The fraction of sp³-hybridized carbons (Fsp3) is 0.333. The molecular formula is C24H26BrNO3S2. The first-order chi connectivity index (χ1) is 14.8. The Labute approximate surface area is 202 Å². The lowest BCUT2D eigenvalue weighted by Gasteiger charge is -2.16. The van der Waals surface area contributed by atoms with E-state index in [1.54, 1.807) is 4.90 Å². The molecule has 1 saturated heterocycles. The van der Waals surface area contributed by atoms with Crippen molar-refractivity contribution in [3.05, 3.63) is 62.5 Å². The largest absolute Gasteiger partial charge is 0.490 e. The van der Waals surface area contributed by atoms with Gasteiger partial charge in [-0.05, 0) is 61.2 Å². The van der Waals surface area contributed by atoms with Crippen molar-refractivity contribution in [2.24, 2.45) is 0 Å². The van der Waals surface area contributed by atoms with E-state index in [0.29, 0.717) is 40.7 Å². The van der Waals surface area contributed by atoms with Gasteiger partial charge in [0.05, 0.1) is 4.91 Å². The molecule has 0 radical (unpaired) electrons. The van der Waals surface area contributed by atoms with E-state index in [1.165, 1.54) is 22.9 Å². The molecule has 1 amide bonds. The second kappa shape index (κ2) is 10.7. The maximum absolute atomic E-state index is 12.6. The predicted molar refractivity (Wildman–Crippen MR) is 136 cm³/mol. The number of benzene rings is 2. The van der Waals surface area contributed by atoms with Crippen LogP contribution in [0.25, 0.3) is 6.08 Å². The average molecular weight is 521 g/mol. The summed E-state index contributed by atoms with van der Waals surface area (Å²) in [6, 6.07) is 12.0. The van der Waals surface area contributed by atoms with Crippen molar-refractivity contribution in [1.82, 2.24) is 4.90 Å². The lowest BCUT2D eigenvalue weighted by Crippen LogP contribution is -2.27. The molecule has 1 heterocycles. The summed E-state index contributed by atoms with van der Waals surface area (Å²) in [7, 11) is 0. The van der Waals surface area contributed by atoms with Crippen molar-refractivity contribution in [3.8, 4) is 11.5 Å². The van der Waals surface area contributed by atoms with Crippen LogP contribution in [0.5, 0.6) is 11.5 Å². The number of carbonyl (C=O) groups excluding carboxylic acids is 1. The Morgan fingerprint density at radius 3 is 2.48 bits per heavy atom. The predicted octanol–water partition coefficient (Wildman–Crippen LogP) is 6.56. The number of thiocarbonyl (C=S) groups is 1. The van der Waals surface area contributed by atoms with E-state index >= 15 is 0 Å². The van der Waals surface area contributed by atoms with Crippen LogP contribution in [-0.2, 0) is 4.79 Å². The molecule has 2 aromatic carbocycles. The molecule has 0 N–H and O–H groups in total. The minimum atomic E-state index is -0.0626. The molecule has 164 valence electrons. The van der Waals surface area contributed by atoms with Crippen molar-refractivity contribution < 1.29 is 14.3 Å². The van der Waals surface area contributed by atoms with Gasteiger partial charge < -0.3 is 9.47 Å². The molecule has 3 rings (SSSR count). The summed E-state index contributed by atoms with van der Waals surface area (Å²) in [5.41, 5.74) is 3.18. The Morgan fingerprint density at radius 1 is 1.13 bits per heavy atom. The number of nitrogens with zero attached hydrogens (tertiary/aromatic N) is 1. The first-order valence-electron chi connectivity index (χ1n) is 10.2. The number of amides is 1. The molecule has 4 nitrogen and oxygen atoms in total. The van der Waals surface area contributed by atoms with Crippen LogP contribution in [0.3, 0.4) is 0 Å². The van der Waals surface area contributed by atoms with Gasteiger partial charge >= 0.3 is 0 Å². The van der Waals surface area contributed by atoms with E-state index in [0.717, 1.165) is 15.8 Å². The Bertz CT molecular complexity index is 1020. The Kier molecular flexibility index (Phi) is 8.19. The highest BCUT2D eigenvalue weighted by Crippen LogP contribution is 2.35. The number of thioether (sulfide) groups is 1. The molecule has 31 heavy (non-hydrogen) atoms. The molecule has 1 aliphatic rings. The molecule has 1 fully saturated rings. The number of carbonyl (C=O) groups is 1. The van der Waals surface area contributed by atoms with E-state index in [2.05, 4.69) is 54.9 Å². The van der Waals surface area contributed by atoms with Crippen LogP contribution in [0, 0.1) is 6.92 Å². The zero-order valence-electron chi connectivity index (χ0n) is 18.1. The second-order valence-electron chi connectivity index (χ2n) is 7.50. The first-order valence-corrected chi connectivity index (χ1v) is 12.2. The van der Waals surface area contributed by atoms with Crippen LogP contribution in [0.1, 0.15) is 43.4 Å². The van der Waals surface area contributed by atoms with Gasteiger partial charge in [0, 0.05) is 16.6 Å². The summed E-state index contributed by atoms with van der Waals surface area (Å²) in [5, 5.41) is 0. The molecule has 2 aromatic rings. The minimum absolute atomic E-state index is 0.0626. The van der Waals surface area contributed by atoms with Gasteiger partial charge in [0.25, 0.3) is 5.91 Å². The number of hydrogen-bond donors (Lipinski definition) is 0. The third kappa shape index (κ3) is 5.90. The zero-order chi connectivity index (χ0) is 22.5. The molecule has 0 spiro atoms. The van der Waals surface area contributed by atoms with Gasteiger partial charge in [-0.15, -0.1) is 0 Å². The van der Waals surface area contributed by atoms with Crippen LogP contribution < -0.4 is 9.47 Å². The van der Waals surface area contributed by atoms with E-state index in [9.17, 15) is 4.79 Å². The highest BCUT2D eigenvalue weighted by Gasteiger charge is 2.30. The fourth-order valence-electron chi connectivity index (χ4n) is 3.22. The molecular weight excluding hydrogens is 494 g/mol. The van der Waals surface area contributed by atoms with Crippen LogP contribution in [-0.4, -0.2) is 34.9 Å². The van der Waals surface area contributed by atoms with E-state index < -0.39 is 0 Å². The molecule has 0 aliphatic carbocycles. The number of hydrogen-bond acceptors (Lipinski definition) is 5. The SMILES string of the molecule is CCN1C(=O)C(=Cc2cc(Br)ccc2OCCOc2cc(C)ccc2C(C)C)SC1=S. The van der Waals surface area contributed by atoms with Gasteiger partial charge in [-0.3, -0.25) is 9.69 Å². The maximum atomic E-state index is 12.6. The third-order valence-corrected chi connectivity index (χ3v) is 6.71. The molecule has 1 aliphatic heterocycles. The molecule has 0 bridgehead atoms. The molecule has 0 atom stereocenters. The van der Waals surface area contributed by atoms with Crippen molar-refractivity contribution >= 4 is 56.2 Å². The molecule has 0 saturated carbocycles. The van der Waals surface area contributed by atoms with Crippen molar-refractivity contribution in [3.63, 3.8) is 0 Å². The summed E-state index contributed by atoms with van der Waals surface area (Å²) in [4.78, 5) is 14.8. The van der Waals surface area contributed by atoms with Crippen LogP contribution in [0.2, 0.25) is 0 Å². The topological polar surface area (TPSA) is 38.8 Å². The van der Waals surface area contributed by atoms with E-state index in [1.807, 2.05) is 31.2 Å². The Balaban J connectivity index is 1.70. The lowest BCUT2D eigenvalue weighted by atomic mass is 10.0. The van der Waals surface area contributed by atoms with Gasteiger partial charge in [0.2, 0.25) is 0 Å². The Morgan fingerprint density at radius 2 is 1.84 bits per heavy atom. The van der Waals surface area contributed by atoms with Crippen LogP contribution in [0.15, 0.2) is 45.8 Å². The highest BCUT2D eigenvalue weighted by atomic mass is 79.9.